The van der Waals surface area contributed by atoms with E-state index in [0.717, 1.165) is 12.3 Å². The van der Waals surface area contributed by atoms with E-state index in [1.54, 1.807) is 0 Å². The monoisotopic (exact) mass is 301 g/mol. The summed E-state index contributed by atoms with van der Waals surface area (Å²) in [6.07, 6.45) is 4.05. The summed E-state index contributed by atoms with van der Waals surface area (Å²) in [5, 5.41) is 0. The van der Waals surface area contributed by atoms with Crippen LogP contribution in [0.2, 0.25) is 0 Å². The molecule has 120 valence electrons. The molecule has 2 heterocycles. The molecule has 0 unspecified atom stereocenters. The van der Waals surface area contributed by atoms with Crippen LogP contribution in [0.4, 0.5) is 0 Å². The Morgan fingerprint density at radius 1 is 1.23 bits per heavy atom. The molecule has 2 fully saturated rings. The van der Waals surface area contributed by atoms with Gasteiger partial charge in [0.1, 0.15) is 0 Å². The average Bonchev–Trinajstić information content (AvgIpc) is 2.72. The molecule has 2 saturated heterocycles. The Labute approximate surface area is 133 Å². The molecule has 1 aromatic carbocycles. The summed E-state index contributed by atoms with van der Waals surface area (Å²) in [5.74, 6) is 1.67. The molecule has 3 nitrogen and oxygen atoms in total. The zero-order chi connectivity index (χ0) is 15.7. The van der Waals surface area contributed by atoms with Gasteiger partial charge in [0.15, 0.2) is 0 Å². The van der Waals surface area contributed by atoms with Gasteiger partial charge in [-0.2, -0.15) is 0 Å². The summed E-state index contributed by atoms with van der Waals surface area (Å²) in [5.41, 5.74) is 1.39. The molecular weight excluding hydrogens is 274 g/mol. The van der Waals surface area contributed by atoms with E-state index in [1.807, 2.05) is 0 Å². The van der Waals surface area contributed by atoms with Crippen LogP contribution in [-0.2, 0) is 16.0 Å². The number of carbonyl (C=O) groups excluding carboxylic acids is 1. The number of fused-ring (bicyclic) bond motifs is 2. The normalized spacial score (nSPS) is 34.6. The predicted molar refractivity (Wildman–Crippen MR) is 87.5 cm³/mol. The zero-order valence-corrected chi connectivity index (χ0v) is 13.9. The van der Waals surface area contributed by atoms with Crippen molar-refractivity contribution in [1.29, 1.82) is 0 Å². The van der Waals surface area contributed by atoms with Crippen LogP contribution in [0.1, 0.15) is 31.7 Å². The van der Waals surface area contributed by atoms with E-state index in [-0.39, 0.29) is 5.97 Å². The minimum absolute atomic E-state index is 0.0607. The third-order valence-corrected chi connectivity index (χ3v) is 5.93. The molecule has 3 heteroatoms. The summed E-state index contributed by atoms with van der Waals surface area (Å²) in [4.78, 5) is 14.4. The molecule has 5 atom stereocenters. The summed E-state index contributed by atoms with van der Waals surface area (Å²) in [6.45, 7) is 2.36. The number of piperidine rings is 1. The van der Waals surface area contributed by atoms with Gasteiger partial charge in [0.25, 0.3) is 0 Å². The number of hydrogen-bond acceptors (Lipinski definition) is 3. The van der Waals surface area contributed by atoms with Crippen molar-refractivity contribution >= 4 is 5.97 Å². The summed E-state index contributed by atoms with van der Waals surface area (Å²) in [6, 6.07) is 11.9. The second kappa shape index (κ2) is 6.41. The molecule has 0 aromatic heterocycles. The maximum Gasteiger partial charge on any atom is 0.305 e. The molecular formula is C19H27NO2. The Kier molecular flexibility index (Phi) is 4.53. The molecule has 0 radical (unpaired) electrons. The van der Waals surface area contributed by atoms with Gasteiger partial charge in [0.2, 0.25) is 0 Å². The van der Waals surface area contributed by atoms with Crippen LogP contribution in [-0.4, -0.2) is 37.1 Å². The lowest BCUT2D eigenvalue weighted by Crippen LogP contribution is -2.48. The van der Waals surface area contributed by atoms with Crippen LogP contribution < -0.4 is 0 Å². The van der Waals surface area contributed by atoms with E-state index in [0.29, 0.717) is 30.3 Å². The highest BCUT2D eigenvalue weighted by atomic mass is 16.5. The molecule has 0 spiro atoms. The second-order valence-electron chi connectivity index (χ2n) is 7.14. The molecule has 1 aromatic rings. The highest BCUT2D eigenvalue weighted by Crippen LogP contribution is 2.46. The SMILES string of the molecule is COC(=O)C[C@H]1[C@@H](Cc2ccccc2)C[C@H]2[C@@H](C)C[C@@H]1N2C. The lowest BCUT2D eigenvalue weighted by atomic mass is 9.75. The number of rotatable bonds is 4. The molecule has 2 bridgehead atoms. The van der Waals surface area contributed by atoms with Crippen molar-refractivity contribution in [3.8, 4) is 0 Å². The van der Waals surface area contributed by atoms with Gasteiger partial charge in [-0.3, -0.25) is 9.69 Å². The highest BCUT2D eigenvalue weighted by molar-refractivity contribution is 5.69. The van der Waals surface area contributed by atoms with Gasteiger partial charge in [0, 0.05) is 12.1 Å². The summed E-state index contributed by atoms with van der Waals surface area (Å²) < 4.78 is 4.96. The summed E-state index contributed by atoms with van der Waals surface area (Å²) in [7, 11) is 3.74. The first-order chi connectivity index (χ1) is 10.6. The maximum absolute atomic E-state index is 11.9. The van der Waals surface area contributed by atoms with E-state index in [1.165, 1.54) is 25.5 Å². The van der Waals surface area contributed by atoms with Gasteiger partial charge in [-0.25, -0.2) is 0 Å². The number of carbonyl (C=O) groups is 1. The van der Waals surface area contributed by atoms with Crippen LogP contribution in [0, 0.1) is 17.8 Å². The van der Waals surface area contributed by atoms with Crippen LogP contribution in [0.5, 0.6) is 0 Å². The number of nitrogens with zero attached hydrogens (tertiary/aromatic N) is 1. The van der Waals surface area contributed by atoms with E-state index >= 15 is 0 Å². The fraction of sp³-hybridized carbons (Fsp3) is 0.632. The fourth-order valence-corrected chi connectivity index (χ4v) is 4.76. The van der Waals surface area contributed by atoms with E-state index in [9.17, 15) is 4.79 Å². The van der Waals surface area contributed by atoms with Crippen molar-refractivity contribution in [2.45, 2.75) is 44.7 Å². The average molecular weight is 301 g/mol. The predicted octanol–water partition coefficient (Wildman–Crippen LogP) is 3.14. The second-order valence-corrected chi connectivity index (χ2v) is 7.14. The smallest absolute Gasteiger partial charge is 0.305 e. The van der Waals surface area contributed by atoms with Crippen LogP contribution >= 0.6 is 0 Å². The van der Waals surface area contributed by atoms with Gasteiger partial charge in [-0.1, -0.05) is 37.3 Å². The topological polar surface area (TPSA) is 29.5 Å². The van der Waals surface area contributed by atoms with E-state index < -0.39 is 0 Å². The molecule has 2 aliphatic heterocycles. The Bertz CT molecular complexity index is 515. The number of methoxy groups -OCH3 is 1. The van der Waals surface area contributed by atoms with E-state index in [4.69, 9.17) is 4.74 Å². The molecule has 0 aliphatic carbocycles. The van der Waals surface area contributed by atoms with Crippen molar-refractivity contribution in [3.63, 3.8) is 0 Å². The number of hydrogen-bond donors (Lipinski definition) is 0. The van der Waals surface area contributed by atoms with E-state index in [2.05, 4.69) is 49.2 Å². The lowest BCUT2D eigenvalue weighted by Gasteiger charge is -2.43. The van der Waals surface area contributed by atoms with Crippen LogP contribution in [0.25, 0.3) is 0 Å². The molecule has 22 heavy (non-hydrogen) atoms. The lowest BCUT2D eigenvalue weighted by molar-refractivity contribution is -0.143. The minimum Gasteiger partial charge on any atom is -0.469 e. The zero-order valence-electron chi connectivity index (χ0n) is 13.9. The molecule has 0 saturated carbocycles. The largest absolute Gasteiger partial charge is 0.469 e. The summed E-state index contributed by atoms with van der Waals surface area (Å²) >= 11 is 0. The first-order valence-electron chi connectivity index (χ1n) is 8.42. The van der Waals surface area contributed by atoms with Gasteiger partial charge in [-0.05, 0) is 49.6 Å². The maximum atomic E-state index is 11.9. The fourth-order valence-electron chi connectivity index (χ4n) is 4.76. The standard InChI is InChI=1S/C19H27NO2/c1-13-9-18-16(12-19(21)22-3)15(11-17(13)20(18)2)10-14-7-5-4-6-8-14/h4-8,13,15-18H,9-12H2,1-3H3/t13-,15-,16-,17-,18-/m0/s1. The Hall–Kier alpha value is -1.35. The van der Waals surface area contributed by atoms with Crippen molar-refractivity contribution in [1.82, 2.24) is 4.90 Å². The third-order valence-electron chi connectivity index (χ3n) is 5.93. The third kappa shape index (κ3) is 2.91. The number of esters is 1. The van der Waals surface area contributed by atoms with Crippen molar-refractivity contribution in [2.75, 3.05) is 14.2 Å². The molecule has 3 rings (SSSR count). The Morgan fingerprint density at radius 2 is 1.95 bits per heavy atom. The van der Waals surface area contributed by atoms with Crippen molar-refractivity contribution in [3.05, 3.63) is 35.9 Å². The number of benzene rings is 1. The quantitative estimate of drug-likeness (QED) is 0.800. The van der Waals surface area contributed by atoms with Crippen LogP contribution in [0.15, 0.2) is 30.3 Å². The Balaban J connectivity index is 1.81. The first-order valence-corrected chi connectivity index (χ1v) is 8.42. The minimum atomic E-state index is -0.0607. The highest BCUT2D eigenvalue weighted by Gasteiger charge is 2.49. The first kappa shape index (κ1) is 15.5. The van der Waals surface area contributed by atoms with Crippen molar-refractivity contribution < 1.29 is 9.53 Å². The Morgan fingerprint density at radius 3 is 2.64 bits per heavy atom. The number of ether oxygens (including phenoxy) is 1. The van der Waals surface area contributed by atoms with Gasteiger partial charge in [0.05, 0.1) is 13.5 Å². The van der Waals surface area contributed by atoms with Gasteiger partial charge in [-0.15, -0.1) is 0 Å². The van der Waals surface area contributed by atoms with Crippen molar-refractivity contribution in [2.24, 2.45) is 17.8 Å². The van der Waals surface area contributed by atoms with Crippen LogP contribution in [0.3, 0.4) is 0 Å². The van der Waals surface area contributed by atoms with Gasteiger partial charge >= 0.3 is 5.97 Å². The molecule has 2 aliphatic rings. The van der Waals surface area contributed by atoms with Gasteiger partial charge < -0.3 is 4.74 Å². The molecule has 0 amide bonds. The molecule has 0 N–H and O–H groups in total.